The molecule has 1 saturated heterocycles. The van der Waals surface area contributed by atoms with Crippen molar-refractivity contribution in [2.75, 3.05) is 26.2 Å². The Kier molecular flexibility index (Phi) is 5.24. The molecule has 0 spiro atoms. The molecule has 0 saturated carbocycles. The Balaban J connectivity index is 1.71. The number of nitrogens with one attached hydrogen (secondary N) is 2. The molecule has 4 heteroatoms. The van der Waals surface area contributed by atoms with Crippen molar-refractivity contribution in [2.45, 2.75) is 32.1 Å². The minimum Gasteiger partial charge on any atom is -0.316 e. The maximum Gasteiger partial charge on any atom is 0.0701 e. The highest BCUT2D eigenvalue weighted by Gasteiger charge is 2.22. The van der Waals surface area contributed by atoms with E-state index in [2.05, 4.69) is 52.5 Å². The van der Waals surface area contributed by atoms with Gasteiger partial charge in [-0.2, -0.15) is 0 Å². The van der Waals surface area contributed by atoms with Crippen LogP contribution >= 0.6 is 27.3 Å². The number of hydrogen-bond donors (Lipinski definition) is 2. The second-order valence-corrected chi connectivity index (χ2v) is 8.27. The third-order valence-corrected chi connectivity index (χ3v) is 5.69. The minimum absolute atomic E-state index is 0.227. The first-order valence-electron chi connectivity index (χ1n) is 6.75. The Bertz CT molecular complexity index is 370. The minimum atomic E-state index is 0.227. The van der Waals surface area contributed by atoms with Crippen molar-refractivity contribution in [1.29, 1.82) is 0 Å². The van der Waals surface area contributed by atoms with Crippen LogP contribution in [0.25, 0.3) is 0 Å². The van der Waals surface area contributed by atoms with Gasteiger partial charge in [-0.1, -0.05) is 13.8 Å². The first-order valence-corrected chi connectivity index (χ1v) is 8.36. The molecule has 1 aromatic heterocycles. The fourth-order valence-electron chi connectivity index (χ4n) is 2.43. The number of rotatable bonds is 6. The summed E-state index contributed by atoms with van der Waals surface area (Å²) < 4.78 is 1.22. The largest absolute Gasteiger partial charge is 0.316 e. The van der Waals surface area contributed by atoms with E-state index < -0.39 is 0 Å². The van der Waals surface area contributed by atoms with Crippen LogP contribution in [-0.2, 0) is 5.41 Å². The van der Waals surface area contributed by atoms with Crippen molar-refractivity contribution in [2.24, 2.45) is 5.92 Å². The molecule has 102 valence electrons. The van der Waals surface area contributed by atoms with Crippen molar-refractivity contribution in [3.63, 3.8) is 0 Å². The van der Waals surface area contributed by atoms with E-state index in [0.717, 1.165) is 19.0 Å². The van der Waals surface area contributed by atoms with E-state index in [-0.39, 0.29) is 5.41 Å². The van der Waals surface area contributed by atoms with E-state index in [9.17, 15) is 0 Å². The van der Waals surface area contributed by atoms with E-state index in [1.54, 1.807) is 0 Å². The van der Waals surface area contributed by atoms with Gasteiger partial charge in [0.2, 0.25) is 0 Å². The monoisotopic (exact) mass is 330 g/mol. The summed E-state index contributed by atoms with van der Waals surface area (Å²) in [5, 5.41) is 7.05. The smallest absolute Gasteiger partial charge is 0.0701 e. The molecular formula is C14H23BrN2S. The predicted molar refractivity (Wildman–Crippen MR) is 83.5 cm³/mol. The summed E-state index contributed by atoms with van der Waals surface area (Å²) in [6.07, 6.45) is 2.65. The second-order valence-electron chi connectivity index (χ2n) is 5.81. The first kappa shape index (κ1) is 14.5. The Labute approximate surface area is 123 Å². The fraction of sp³-hybridized carbons (Fsp3) is 0.714. The summed E-state index contributed by atoms with van der Waals surface area (Å²) >= 11 is 5.39. The number of thiophene rings is 1. The van der Waals surface area contributed by atoms with E-state index in [1.165, 1.54) is 34.6 Å². The molecule has 1 aromatic rings. The molecule has 1 aliphatic heterocycles. The number of halogens is 1. The van der Waals surface area contributed by atoms with Crippen LogP contribution in [0.2, 0.25) is 0 Å². The molecule has 0 aromatic carbocycles. The fourth-order valence-corrected chi connectivity index (χ4v) is 3.92. The molecule has 2 nitrogen and oxygen atoms in total. The summed E-state index contributed by atoms with van der Waals surface area (Å²) in [7, 11) is 0. The molecule has 18 heavy (non-hydrogen) atoms. The quantitative estimate of drug-likeness (QED) is 0.781. The Hall–Kier alpha value is 0.1000. The maximum absolute atomic E-state index is 3.62. The summed E-state index contributed by atoms with van der Waals surface area (Å²) in [5.41, 5.74) is 0.227. The van der Waals surface area contributed by atoms with Crippen LogP contribution in [-0.4, -0.2) is 26.2 Å². The zero-order chi connectivity index (χ0) is 13.0. The van der Waals surface area contributed by atoms with E-state index in [1.807, 2.05) is 11.3 Å². The predicted octanol–water partition coefficient (Wildman–Crippen LogP) is 3.38. The Morgan fingerprint density at radius 3 is 2.94 bits per heavy atom. The van der Waals surface area contributed by atoms with Crippen LogP contribution in [0.3, 0.4) is 0 Å². The van der Waals surface area contributed by atoms with Gasteiger partial charge < -0.3 is 10.6 Å². The first-order chi connectivity index (χ1) is 8.58. The molecule has 0 aliphatic carbocycles. The van der Waals surface area contributed by atoms with Crippen LogP contribution in [0.4, 0.5) is 0 Å². The van der Waals surface area contributed by atoms with E-state index in [4.69, 9.17) is 0 Å². The molecule has 1 atom stereocenters. The van der Waals surface area contributed by atoms with Gasteiger partial charge in [-0.05, 0) is 66.5 Å². The normalized spacial score (nSPS) is 20.5. The topological polar surface area (TPSA) is 24.1 Å². The van der Waals surface area contributed by atoms with Gasteiger partial charge in [-0.15, -0.1) is 11.3 Å². The standard InChI is InChI=1S/C14H23BrN2S/c1-14(2,12-3-4-13(15)18-12)10-17-8-6-11-5-7-16-9-11/h3-4,11,16-17H,5-10H2,1-2H3. The van der Waals surface area contributed by atoms with Gasteiger partial charge in [-0.3, -0.25) is 0 Å². The SMILES string of the molecule is CC(C)(CNCCC1CCNC1)c1ccc(Br)s1. The van der Waals surface area contributed by atoms with Crippen LogP contribution in [0, 0.1) is 5.92 Å². The van der Waals surface area contributed by atoms with Crippen molar-refractivity contribution in [3.8, 4) is 0 Å². The zero-order valence-corrected chi connectivity index (χ0v) is 13.7. The van der Waals surface area contributed by atoms with Crippen LogP contribution in [0.5, 0.6) is 0 Å². The van der Waals surface area contributed by atoms with E-state index >= 15 is 0 Å². The molecule has 1 aliphatic rings. The zero-order valence-electron chi connectivity index (χ0n) is 11.3. The highest BCUT2D eigenvalue weighted by molar-refractivity contribution is 9.11. The van der Waals surface area contributed by atoms with Gasteiger partial charge in [0.15, 0.2) is 0 Å². The molecule has 0 amide bonds. The van der Waals surface area contributed by atoms with Gasteiger partial charge in [0.25, 0.3) is 0 Å². The van der Waals surface area contributed by atoms with Crippen molar-refractivity contribution in [3.05, 3.63) is 20.8 Å². The van der Waals surface area contributed by atoms with Gasteiger partial charge in [0, 0.05) is 16.8 Å². The maximum atomic E-state index is 3.62. The summed E-state index contributed by atoms with van der Waals surface area (Å²) in [6.45, 7) is 9.25. The van der Waals surface area contributed by atoms with Crippen molar-refractivity contribution < 1.29 is 0 Å². The highest BCUT2D eigenvalue weighted by atomic mass is 79.9. The highest BCUT2D eigenvalue weighted by Crippen LogP contribution is 2.32. The lowest BCUT2D eigenvalue weighted by atomic mass is 9.91. The lowest BCUT2D eigenvalue weighted by Gasteiger charge is -2.24. The Morgan fingerprint density at radius 1 is 1.50 bits per heavy atom. The van der Waals surface area contributed by atoms with Crippen LogP contribution in [0.1, 0.15) is 31.6 Å². The summed E-state index contributed by atoms with van der Waals surface area (Å²) in [6, 6.07) is 4.38. The summed E-state index contributed by atoms with van der Waals surface area (Å²) in [4.78, 5) is 1.45. The molecule has 2 heterocycles. The molecule has 1 fully saturated rings. The molecule has 2 N–H and O–H groups in total. The van der Waals surface area contributed by atoms with Crippen LogP contribution < -0.4 is 10.6 Å². The molecule has 0 radical (unpaired) electrons. The van der Waals surface area contributed by atoms with E-state index in [0.29, 0.717) is 0 Å². The average molecular weight is 331 g/mol. The third kappa shape index (κ3) is 4.05. The van der Waals surface area contributed by atoms with Crippen molar-refractivity contribution >= 4 is 27.3 Å². The third-order valence-electron chi connectivity index (χ3n) is 3.70. The number of hydrogen-bond acceptors (Lipinski definition) is 3. The lowest BCUT2D eigenvalue weighted by molar-refractivity contribution is 0.442. The van der Waals surface area contributed by atoms with Gasteiger partial charge >= 0.3 is 0 Å². The lowest BCUT2D eigenvalue weighted by Crippen LogP contribution is -2.33. The van der Waals surface area contributed by atoms with Gasteiger partial charge in [0.05, 0.1) is 3.79 Å². The summed E-state index contributed by atoms with van der Waals surface area (Å²) in [5.74, 6) is 0.886. The molecule has 0 bridgehead atoms. The van der Waals surface area contributed by atoms with Gasteiger partial charge in [0.1, 0.15) is 0 Å². The Morgan fingerprint density at radius 2 is 2.33 bits per heavy atom. The molecule has 2 rings (SSSR count). The van der Waals surface area contributed by atoms with Gasteiger partial charge in [-0.25, -0.2) is 0 Å². The molecular weight excluding hydrogens is 308 g/mol. The average Bonchev–Trinajstić information content (AvgIpc) is 2.95. The van der Waals surface area contributed by atoms with Crippen LogP contribution in [0.15, 0.2) is 15.9 Å². The molecule has 1 unspecified atom stereocenters. The van der Waals surface area contributed by atoms with Crippen molar-refractivity contribution in [1.82, 2.24) is 10.6 Å². The second kappa shape index (κ2) is 6.51.